The van der Waals surface area contributed by atoms with Gasteiger partial charge in [0.25, 0.3) is 0 Å². The molecule has 0 aromatic heterocycles. The molecule has 2 rings (SSSR count). The van der Waals surface area contributed by atoms with Gasteiger partial charge in [-0.05, 0) is 24.1 Å². The maximum atomic E-state index is 12.4. The Morgan fingerprint density at radius 1 is 1.32 bits per heavy atom. The third-order valence-electron chi connectivity index (χ3n) is 4.64. The van der Waals surface area contributed by atoms with Crippen LogP contribution in [0.1, 0.15) is 25.8 Å². The van der Waals surface area contributed by atoms with Crippen molar-refractivity contribution in [2.45, 2.75) is 39.0 Å². The van der Waals surface area contributed by atoms with Crippen LogP contribution >= 0.6 is 24.0 Å². The molecule has 1 saturated heterocycles. The lowest BCUT2D eigenvalue weighted by atomic mass is 10.2. The van der Waals surface area contributed by atoms with Gasteiger partial charge in [0.2, 0.25) is 5.91 Å². The van der Waals surface area contributed by atoms with Crippen LogP contribution in [0.25, 0.3) is 0 Å². The molecule has 7 nitrogen and oxygen atoms in total. The summed E-state index contributed by atoms with van der Waals surface area (Å²) in [5, 5.41) is 6.47. The second kappa shape index (κ2) is 12.2. The van der Waals surface area contributed by atoms with E-state index in [4.69, 9.17) is 9.47 Å². The van der Waals surface area contributed by atoms with E-state index in [1.54, 1.807) is 19.2 Å². The van der Waals surface area contributed by atoms with Crippen LogP contribution in [-0.4, -0.2) is 62.8 Å². The summed E-state index contributed by atoms with van der Waals surface area (Å²) in [6.45, 7) is 4.11. The second-order valence-electron chi connectivity index (χ2n) is 7.38. The molecule has 1 aromatic rings. The zero-order valence-corrected chi connectivity index (χ0v) is 20.4. The van der Waals surface area contributed by atoms with Gasteiger partial charge in [-0.25, -0.2) is 0 Å². The molecule has 1 aromatic carbocycles. The monoisotopic (exact) mass is 558 g/mol. The van der Waals surface area contributed by atoms with Crippen LogP contribution in [0.15, 0.2) is 23.2 Å². The molecule has 1 amide bonds. The first-order valence-corrected chi connectivity index (χ1v) is 9.75. The summed E-state index contributed by atoms with van der Waals surface area (Å²) in [5.74, 6) is 0.943. The molecule has 2 N–H and O–H groups in total. The normalized spacial score (nSPS) is 16.7. The molecule has 0 radical (unpaired) electrons. The number of amides is 1. The lowest BCUT2D eigenvalue weighted by Crippen LogP contribution is -2.45. The number of rotatable bonds is 7. The first-order chi connectivity index (χ1) is 14.1. The van der Waals surface area contributed by atoms with Gasteiger partial charge in [0.1, 0.15) is 0 Å². The average Bonchev–Trinajstić information content (AvgIpc) is 3.16. The lowest BCUT2D eigenvalue weighted by Gasteiger charge is -2.20. The molecule has 0 bridgehead atoms. The number of guanidine groups is 1. The number of halogens is 4. The summed E-state index contributed by atoms with van der Waals surface area (Å²) >= 11 is 0. The summed E-state index contributed by atoms with van der Waals surface area (Å²) < 4.78 is 47.0. The molecular formula is C20H30F3IN4O3. The standard InChI is InChI=1S/C20H29F3N4O3.HI/c1-13(2)18(28)27-8-7-15(11-27)26-19(24-3)25-10-14-5-6-16(17(9-14)29-4)30-12-20(21,22)23;/h5-6,9,13,15H,7-8,10-12H2,1-4H3,(H2,24,25,26);1H. The van der Waals surface area contributed by atoms with Crippen LogP contribution in [-0.2, 0) is 11.3 Å². The molecule has 11 heteroatoms. The number of hydrogen-bond acceptors (Lipinski definition) is 4. The quantitative estimate of drug-likeness (QED) is 0.306. The van der Waals surface area contributed by atoms with E-state index in [0.29, 0.717) is 25.6 Å². The third-order valence-corrected chi connectivity index (χ3v) is 4.64. The average molecular weight is 558 g/mol. The Morgan fingerprint density at radius 2 is 2.03 bits per heavy atom. The SMILES string of the molecule is CN=C(NCc1ccc(OCC(F)(F)F)c(OC)c1)NC1CCN(C(=O)C(C)C)C1.I. The summed E-state index contributed by atoms with van der Waals surface area (Å²) in [6, 6.07) is 4.83. The van der Waals surface area contributed by atoms with E-state index in [-0.39, 0.29) is 53.3 Å². The first kappa shape index (κ1) is 27.1. The summed E-state index contributed by atoms with van der Waals surface area (Å²) in [4.78, 5) is 18.2. The molecule has 1 aliphatic rings. The Bertz CT molecular complexity index is 760. The fourth-order valence-electron chi connectivity index (χ4n) is 3.12. The lowest BCUT2D eigenvalue weighted by molar-refractivity contribution is -0.153. The number of carbonyl (C=O) groups excluding carboxylic acids is 1. The maximum Gasteiger partial charge on any atom is 0.422 e. The first-order valence-electron chi connectivity index (χ1n) is 9.75. The van der Waals surface area contributed by atoms with Crippen LogP contribution in [0.5, 0.6) is 11.5 Å². The van der Waals surface area contributed by atoms with Crippen molar-refractivity contribution in [3.05, 3.63) is 23.8 Å². The highest BCUT2D eigenvalue weighted by atomic mass is 127. The molecule has 1 unspecified atom stereocenters. The van der Waals surface area contributed by atoms with Crippen molar-refractivity contribution in [2.24, 2.45) is 10.9 Å². The number of alkyl halides is 3. The van der Waals surface area contributed by atoms with E-state index in [0.717, 1.165) is 12.0 Å². The highest BCUT2D eigenvalue weighted by Gasteiger charge is 2.29. The van der Waals surface area contributed by atoms with Crippen molar-refractivity contribution < 1.29 is 27.4 Å². The molecule has 176 valence electrons. The molecule has 1 heterocycles. The number of carbonyl (C=O) groups is 1. The topological polar surface area (TPSA) is 75.2 Å². The van der Waals surface area contributed by atoms with Crippen LogP contribution in [0, 0.1) is 5.92 Å². The Morgan fingerprint density at radius 3 is 2.61 bits per heavy atom. The Labute approximate surface area is 197 Å². The fourth-order valence-corrected chi connectivity index (χ4v) is 3.12. The van der Waals surface area contributed by atoms with Gasteiger partial charge >= 0.3 is 6.18 Å². The van der Waals surface area contributed by atoms with Crippen LogP contribution in [0.2, 0.25) is 0 Å². The van der Waals surface area contributed by atoms with Gasteiger partial charge in [0.15, 0.2) is 24.1 Å². The maximum absolute atomic E-state index is 12.4. The van der Waals surface area contributed by atoms with Gasteiger partial charge in [-0.1, -0.05) is 19.9 Å². The van der Waals surface area contributed by atoms with E-state index < -0.39 is 12.8 Å². The fraction of sp³-hybridized carbons (Fsp3) is 0.600. The largest absolute Gasteiger partial charge is 0.493 e. The number of hydrogen-bond donors (Lipinski definition) is 2. The number of aliphatic imine (C=N–C) groups is 1. The summed E-state index contributed by atoms with van der Waals surface area (Å²) in [6.07, 6.45) is -3.59. The molecule has 1 aliphatic heterocycles. The Balaban J connectivity index is 0.00000480. The number of ether oxygens (including phenoxy) is 2. The van der Waals surface area contributed by atoms with Gasteiger partial charge < -0.3 is 25.0 Å². The van der Waals surface area contributed by atoms with E-state index in [2.05, 4.69) is 15.6 Å². The van der Waals surface area contributed by atoms with Crippen LogP contribution in [0.4, 0.5) is 13.2 Å². The van der Waals surface area contributed by atoms with Crippen molar-refractivity contribution in [2.75, 3.05) is 33.9 Å². The third kappa shape index (κ3) is 8.62. The van der Waals surface area contributed by atoms with Crippen molar-refractivity contribution in [1.82, 2.24) is 15.5 Å². The van der Waals surface area contributed by atoms with Crippen molar-refractivity contribution in [1.29, 1.82) is 0 Å². The molecule has 1 atom stereocenters. The second-order valence-corrected chi connectivity index (χ2v) is 7.38. The highest BCUT2D eigenvalue weighted by molar-refractivity contribution is 14.0. The zero-order chi connectivity index (χ0) is 22.3. The van der Waals surface area contributed by atoms with Gasteiger partial charge in [-0.15, -0.1) is 24.0 Å². The predicted molar refractivity (Wildman–Crippen MR) is 123 cm³/mol. The number of nitrogens with one attached hydrogen (secondary N) is 2. The minimum absolute atomic E-state index is 0. The zero-order valence-electron chi connectivity index (χ0n) is 18.1. The van der Waals surface area contributed by atoms with Gasteiger partial charge in [0.05, 0.1) is 7.11 Å². The number of nitrogens with zero attached hydrogens (tertiary/aromatic N) is 2. The van der Waals surface area contributed by atoms with E-state index in [9.17, 15) is 18.0 Å². The predicted octanol–water partition coefficient (Wildman–Crippen LogP) is 3.18. The number of methoxy groups -OCH3 is 1. The van der Waals surface area contributed by atoms with Crippen molar-refractivity contribution in [3.8, 4) is 11.5 Å². The molecule has 31 heavy (non-hydrogen) atoms. The summed E-state index contributed by atoms with van der Waals surface area (Å²) in [5.41, 5.74) is 0.789. The van der Waals surface area contributed by atoms with Gasteiger partial charge in [0, 0.05) is 38.6 Å². The van der Waals surface area contributed by atoms with Crippen molar-refractivity contribution in [3.63, 3.8) is 0 Å². The number of likely N-dealkylation sites (tertiary alicyclic amines) is 1. The molecular weight excluding hydrogens is 528 g/mol. The van der Waals surface area contributed by atoms with E-state index in [1.165, 1.54) is 13.2 Å². The molecule has 1 fully saturated rings. The van der Waals surface area contributed by atoms with E-state index >= 15 is 0 Å². The van der Waals surface area contributed by atoms with Gasteiger partial charge in [-0.3, -0.25) is 9.79 Å². The Hall–Kier alpha value is -1.92. The molecule has 0 saturated carbocycles. The number of benzene rings is 1. The molecule has 0 aliphatic carbocycles. The smallest absolute Gasteiger partial charge is 0.422 e. The minimum atomic E-state index is -4.42. The van der Waals surface area contributed by atoms with Crippen molar-refractivity contribution >= 4 is 35.8 Å². The van der Waals surface area contributed by atoms with Crippen LogP contribution < -0.4 is 20.1 Å². The highest BCUT2D eigenvalue weighted by Crippen LogP contribution is 2.29. The molecule has 0 spiro atoms. The Kier molecular flexibility index (Phi) is 10.7. The minimum Gasteiger partial charge on any atom is -0.493 e. The van der Waals surface area contributed by atoms with Crippen LogP contribution in [0.3, 0.4) is 0 Å². The summed E-state index contributed by atoms with van der Waals surface area (Å²) in [7, 11) is 3.02. The van der Waals surface area contributed by atoms with E-state index in [1.807, 2.05) is 18.7 Å². The van der Waals surface area contributed by atoms with Gasteiger partial charge in [-0.2, -0.15) is 13.2 Å².